The van der Waals surface area contributed by atoms with Crippen molar-refractivity contribution in [1.29, 1.82) is 0 Å². The molecule has 1 amide bonds. The Balaban J connectivity index is 1.71. The summed E-state index contributed by atoms with van der Waals surface area (Å²) < 4.78 is 0. The Hall–Kier alpha value is -1.39. The summed E-state index contributed by atoms with van der Waals surface area (Å²) in [5.41, 5.74) is 7.28. The van der Waals surface area contributed by atoms with E-state index < -0.39 is 0 Å². The smallest absolute Gasteiger partial charge is 0.224 e. The van der Waals surface area contributed by atoms with E-state index in [1.807, 2.05) is 6.07 Å². The van der Waals surface area contributed by atoms with Crippen molar-refractivity contribution in [2.45, 2.75) is 24.8 Å². The highest BCUT2D eigenvalue weighted by atomic mass is 16.2. The van der Waals surface area contributed by atoms with Gasteiger partial charge in [-0.25, -0.2) is 0 Å². The number of likely N-dealkylation sites (tertiary alicyclic amines) is 1. The molecule has 2 saturated heterocycles. The number of nitrogens with two attached hydrogens (primary N) is 1. The Bertz CT molecular complexity index is 462. The molecule has 2 fully saturated rings. The molecule has 0 aliphatic carbocycles. The monoisotopic (exact) mass is 273 g/mol. The number of fused-ring (bicyclic) bond motifs is 1. The lowest BCUT2D eigenvalue weighted by molar-refractivity contribution is -0.124. The maximum absolute atomic E-state index is 11.8. The standard InChI is InChI=1S/C16H23N3O/c17-9-13(12-5-2-1-3-6-12)11-19-8-4-7-14-15(19)10-18-16(14)20/h1-3,5-6,13-15H,4,7-11,17H2,(H,18,20). The molecular formula is C16H23N3O. The van der Waals surface area contributed by atoms with Crippen molar-refractivity contribution < 1.29 is 4.79 Å². The highest BCUT2D eigenvalue weighted by Crippen LogP contribution is 2.29. The van der Waals surface area contributed by atoms with Crippen molar-refractivity contribution >= 4 is 5.91 Å². The molecule has 0 bridgehead atoms. The lowest BCUT2D eigenvalue weighted by Gasteiger charge is -2.38. The number of nitrogens with zero attached hydrogens (tertiary/aromatic N) is 1. The van der Waals surface area contributed by atoms with Crippen molar-refractivity contribution in [3.05, 3.63) is 35.9 Å². The molecule has 3 N–H and O–H groups in total. The molecule has 4 heteroatoms. The van der Waals surface area contributed by atoms with Crippen LogP contribution in [-0.4, -0.2) is 43.0 Å². The minimum atomic E-state index is 0.193. The van der Waals surface area contributed by atoms with Crippen LogP contribution in [0.4, 0.5) is 0 Å². The molecule has 2 aliphatic heterocycles. The molecule has 3 unspecified atom stereocenters. The zero-order valence-corrected chi connectivity index (χ0v) is 11.8. The molecule has 4 nitrogen and oxygen atoms in total. The highest BCUT2D eigenvalue weighted by molar-refractivity contribution is 5.82. The summed E-state index contributed by atoms with van der Waals surface area (Å²) in [4.78, 5) is 14.3. The molecule has 0 radical (unpaired) electrons. The van der Waals surface area contributed by atoms with Gasteiger partial charge < -0.3 is 11.1 Å². The normalized spacial score (nSPS) is 27.9. The van der Waals surface area contributed by atoms with E-state index in [1.54, 1.807) is 0 Å². The van der Waals surface area contributed by atoms with Gasteiger partial charge in [-0.1, -0.05) is 30.3 Å². The van der Waals surface area contributed by atoms with Gasteiger partial charge in [0, 0.05) is 31.6 Å². The van der Waals surface area contributed by atoms with Crippen molar-refractivity contribution in [3.8, 4) is 0 Å². The number of carbonyl (C=O) groups is 1. The fourth-order valence-electron chi connectivity index (χ4n) is 3.59. The SMILES string of the molecule is NCC(CN1CCCC2C(=O)NCC21)c1ccccc1. The summed E-state index contributed by atoms with van der Waals surface area (Å²) in [5.74, 6) is 0.785. The van der Waals surface area contributed by atoms with E-state index in [-0.39, 0.29) is 11.8 Å². The fraction of sp³-hybridized carbons (Fsp3) is 0.562. The van der Waals surface area contributed by atoms with Crippen LogP contribution in [0.1, 0.15) is 24.3 Å². The minimum Gasteiger partial charge on any atom is -0.354 e. The number of amides is 1. The summed E-state index contributed by atoms with van der Waals surface area (Å²) in [6, 6.07) is 10.8. The fourth-order valence-corrected chi connectivity index (χ4v) is 3.59. The first-order valence-electron chi connectivity index (χ1n) is 7.56. The summed E-state index contributed by atoms with van der Waals surface area (Å²) in [5, 5.41) is 3.01. The van der Waals surface area contributed by atoms with E-state index in [4.69, 9.17) is 5.73 Å². The number of benzene rings is 1. The van der Waals surface area contributed by atoms with E-state index in [2.05, 4.69) is 34.5 Å². The predicted octanol–water partition coefficient (Wildman–Crippen LogP) is 0.939. The number of rotatable bonds is 4. The second-order valence-electron chi connectivity index (χ2n) is 5.90. The highest BCUT2D eigenvalue weighted by Gasteiger charge is 2.41. The van der Waals surface area contributed by atoms with E-state index in [0.717, 1.165) is 32.5 Å². The van der Waals surface area contributed by atoms with Gasteiger partial charge in [0.15, 0.2) is 0 Å². The van der Waals surface area contributed by atoms with Crippen LogP contribution in [0.3, 0.4) is 0 Å². The molecule has 3 rings (SSSR count). The van der Waals surface area contributed by atoms with Crippen LogP contribution < -0.4 is 11.1 Å². The van der Waals surface area contributed by atoms with E-state index in [0.29, 0.717) is 18.5 Å². The van der Waals surface area contributed by atoms with Gasteiger partial charge in [-0.2, -0.15) is 0 Å². The Morgan fingerprint density at radius 1 is 1.35 bits per heavy atom. The Morgan fingerprint density at radius 2 is 2.15 bits per heavy atom. The number of hydrogen-bond acceptors (Lipinski definition) is 3. The first kappa shape index (κ1) is 13.6. The lowest BCUT2D eigenvalue weighted by atomic mass is 9.89. The maximum atomic E-state index is 11.8. The second-order valence-corrected chi connectivity index (χ2v) is 5.90. The molecule has 2 heterocycles. The second kappa shape index (κ2) is 5.94. The molecule has 0 aromatic heterocycles. The van der Waals surface area contributed by atoms with Gasteiger partial charge in [0.05, 0.1) is 5.92 Å². The topological polar surface area (TPSA) is 58.4 Å². The van der Waals surface area contributed by atoms with Gasteiger partial charge in [-0.3, -0.25) is 9.69 Å². The van der Waals surface area contributed by atoms with Crippen molar-refractivity contribution in [2.75, 3.05) is 26.2 Å². The van der Waals surface area contributed by atoms with Crippen molar-refractivity contribution in [1.82, 2.24) is 10.2 Å². The summed E-state index contributed by atoms with van der Waals surface area (Å²) >= 11 is 0. The molecule has 1 aromatic rings. The molecular weight excluding hydrogens is 250 g/mol. The van der Waals surface area contributed by atoms with Gasteiger partial charge >= 0.3 is 0 Å². The molecule has 20 heavy (non-hydrogen) atoms. The third-order valence-electron chi connectivity index (χ3n) is 4.73. The zero-order valence-electron chi connectivity index (χ0n) is 11.8. The molecule has 0 spiro atoms. The van der Waals surface area contributed by atoms with E-state index in [9.17, 15) is 4.79 Å². The predicted molar refractivity (Wildman–Crippen MR) is 79.3 cm³/mol. The number of hydrogen-bond donors (Lipinski definition) is 2. The number of piperidine rings is 1. The minimum absolute atomic E-state index is 0.193. The molecule has 2 aliphatic rings. The first-order chi connectivity index (χ1) is 9.79. The van der Waals surface area contributed by atoms with Gasteiger partial charge in [0.2, 0.25) is 5.91 Å². The van der Waals surface area contributed by atoms with E-state index >= 15 is 0 Å². The maximum Gasteiger partial charge on any atom is 0.224 e. The Kier molecular flexibility index (Phi) is 4.03. The van der Waals surface area contributed by atoms with Crippen LogP contribution in [-0.2, 0) is 4.79 Å². The Labute approximate surface area is 120 Å². The number of carbonyl (C=O) groups excluding carboxylic acids is 1. The quantitative estimate of drug-likeness (QED) is 0.858. The van der Waals surface area contributed by atoms with Gasteiger partial charge in [0.25, 0.3) is 0 Å². The number of nitrogens with one attached hydrogen (secondary N) is 1. The van der Waals surface area contributed by atoms with Crippen LogP contribution in [0.2, 0.25) is 0 Å². The summed E-state index contributed by atoms with van der Waals surface area (Å²) in [6.45, 7) is 3.49. The van der Waals surface area contributed by atoms with Crippen molar-refractivity contribution in [2.24, 2.45) is 11.7 Å². The van der Waals surface area contributed by atoms with Crippen LogP contribution in [0.25, 0.3) is 0 Å². The van der Waals surface area contributed by atoms with Gasteiger partial charge in [0.1, 0.15) is 0 Å². The molecule has 0 saturated carbocycles. The zero-order chi connectivity index (χ0) is 13.9. The third-order valence-corrected chi connectivity index (χ3v) is 4.73. The average molecular weight is 273 g/mol. The molecule has 108 valence electrons. The summed E-state index contributed by atoms with van der Waals surface area (Å²) in [7, 11) is 0. The first-order valence-corrected chi connectivity index (χ1v) is 7.56. The van der Waals surface area contributed by atoms with Gasteiger partial charge in [-0.15, -0.1) is 0 Å². The van der Waals surface area contributed by atoms with Crippen LogP contribution in [0.15, 0.2) is 30.3 Å². The average Bonchev–Trinajstić information content (AvgIpc) is 2.88. The largest absolute Gasteiger partial charge is 0.354 e. The Morgan fingerprint density at radius 3 is 2.90 bits per heavy atom. The third kappa shape index (κ3) is 2.58. The van der Waals surface area contributed by atoms with E-state index in [1.165, 1.54) is 5.56 Å². The van der Waals surface area contributed by atoms with Crippen LogP contribution in [0.5, 0.6) is 0 Å². The van der Waals surface area contributed by atoms with Crippen molar-refractivity contribution in [3.63, 3.8) is 0 Å². The molecule has 3 atom stereocenters. The lowest BCUT2D eigenvalue weighted by Crippen LogP contribution is -2.47. The van der Waals surface area contributed by atoms with Crippen LogP contribution in [0, 0.1) is 5.92 Å². The molecule has 1 aromatic carbocycles. The van der Waals surface area contributed by atoms with Gasteiger partial charge in [-0.05, 0) is 24.9 Å². The summed E-state index contributed by atoms with van der Waals surface area (Å²) in [6.07, 6.45) is 2.15. The van der Waals surface area contributed by atoms with Crippen LogP contribution >= 0.6 is 0 Å².